The van der Waals surface area contributed by atoms with Crippen LogP contribution < -0.4 is 0 Å². The second-order valence-electron chi connectivity index (χ2n) is 4.82. The number of sulfonamides is 1. The molecular formula is C11H17N3O4S. The number of aromatic nitrogens is 2. The minimum absolute atomic E-state index is 0.0479. The van der Waals surface area contributed by atoms with E-state index in [-0.39, 0.29) is 17.4 Å². The first kappa shape index (κ1) is 14.0. The van der Waals surface area contributed by atoms with E-state index in [4.69, 9.17) is 5.11 Å². The first-order chi connectivity index (χ1) is 8.89. The molecule has 8 heteroatoms. The maximum absolute atomic E-state index is 12.3. The van der Waals surface area contributed by atoms with E-state index >= 15 is 0 Å². The van der Waals surface area contributed by atoms with Crippen LogP contribution in [0.2, 0.25) is 0 Å². The molecule has 1 N–H and O–H groups in total. The van der Waals surface area contributed by atoms with Crippen molar-refractivity contribution in [2.75, 3.05) is 13.1 Å². The van der Waals surface area contributed by atoms with Crippen molar-refractivity contribution in [2.45, 2.75) is 24.3 Å². The van der Waals surface area contributed by atoms with Crippen molar-refractivity contribution in [3.8, 4) is 0 Å². The number of hydrogen-bond acceptors (Lipinski definition) is 4. The molecule has 0 atom stereocenters. The number of carboxylic acid groups (broad SMARTS) is 1. The Hall–Kier alpha value is -1.41. The lowest BCUT2D eigenvalue weighted by Gasteiger charge is -2.29. The zero-order chi connectivity index (χ0) is 14.0. The Morgan fingerprint density at radius 1 is 1.47 bits per heavy atom. The van der Waals surface area contributed by atoms with E-state index in [1.54, 1.807) is 11.6 Å². The summed E-state index contributed by atoms with van der Waals surface area (Å²) < 4.78 is 27.5. The molecule has 1 fully saturated rings. The van der Waals surface area contributed by atoms with Gasteiger partial charge < -0.3 is 9.67 Å². The molecule has 0 amide bonds. The number of hydrogen-bond donors (Lipinski definition) is 1. The zero-order valence-electron chi connectivity index (χ0n) is 10.7. The van der Waals surface area contributed by atoms with Gasteiger partial charge >= 0.3 is 5.97 Å². The Morgan fingerprint density at radius 3 is 2.58 bits per heavy atom. The number of rotatable bonds is 4. The molecule has 0 unspecified atom stereocenters. The van der Waals surface area contributed by atoms with Crippen LogP contribution in [0, 0.1) is 5.92 Å². The van der Waals surface area contributed by atoms with E-state index in [0.717, 1.165) is 0 Å². The maximum Gasteiger partial charge on any atom is 0.303 e. The van der Waals surface area contributed by atoms with Crippen molar-refractivity contribution < 1.29 is 18.3 Å². The molecule has 0 spiro atoms. The highest BCUT2D eigenvalue weighted by atomic mass is 32.2. The summed E-state index contributed by atoms with van der Waals surface area (Å²) >= 11 is 0. The molecule has 2 rings (SSSR count). The number of aryl methyl sites for hydroxylation is 1. The molecule has 19 heavy (non-hydrogen) atoms. The quantitative estimate of drug-likeness (QED) is 0.859. The smallest absolute Gasteiger partial charge is 0.303 e. The fourth-order valence-electron chi connectivity index (χ4n) is 2.26. The Balaban J connectivity index is 2.03. The SMILES string of the molecule is Cn1cnc(S(=O)(=O)N2CCC(CC(=O)O)CC2)c1. The van der Waals surface area contributed by atoms with E-state index in [2.05, 4.69) is 4.98 Å². The van der Waals surface area contributed by atoms with Gasteiger partial charge in [-0.05, 0) is 18.8 Å². The predicted octanol–water partition coefficient (Wildman–Crippen LogP) is 0.295. The molecule has 1 aliphatic heterocycles. The van der Waals surface area contributed by atoms with Crippen LogP contribution in [0.1, 0.15) is 19.3 Å². The molecule has 1 aromatic rings. The van der Waals surface area contributed by atoms with E-state index < -0.39 is 16.0 Å². The van der Waals surface area contributed by atoms with Gasteiger partial charge in [-0.1, -0.05) is 0 Å². The summed E-state index contributed by atoms with van der Waals surface area (Å²) in [5, 5.41) is 8.78. The molecular weight excluding hydrogens is 270 g/mol. The summed E-state index contributed by atoms with van der Waals surface area (Å²) in [5.74, 6) is -0.765. The van der Waals surface area contributed by atoms with Crippen molar-refractivity contribution in [2.24, 2.45) is 13.0 Å². The second-order valence-corrected chi connectivity index (χ2v) is 6.71. The molecule has 1 aromatic heterocycles. The third-order valence-corrected chi connectivity index (χ3v) is 5.11. The summed E-state index contributed by atoms with van der Waals surface area (Å²) in [4.78, 5) is 14.5. The van der Waals surface area contributed by atoms with Crippen LogP contribution in [-0.2, 0) is 21.9 Å². The number of imidazole rings is 1. The summed E-state index contributed by atoms with van der Waals surface area (Å²) in [7, 11) is -1.83. The van der Waals surface area contributed by atoms with Gasteiger partial charge in [-0.2, -0.15) is 4.31 Å². The molecule has 0 bridgehead atoms. The normalized spacial score (nSPS) is 18.6. The lowest BCUT2D eigenvalue weighted by Crippen LogP contribution is -2.39. The zero-order valence-corrected chi connectivity index (χ0v) is 11.5. The summed E-state index contributed by atoms with van der Waals surface area (Å²) in [5.41, 5.74) is 0. The Bertz CT molecular complexity index is 558. The molecule has 2 heterocycles. The maximum atomic E-state index is 12.3. The van der Waals surface area contributed by atoms with Gasteiger partial charge in [0, 0.05) is 32.8 Å². The average molecular weight is 287 g/mol. The van der Waals surface area contributed by atoms with Crippen LogP contribution in [0.5, 0.6) is 0 Å². The number of carboxylic acids is 1. The van der Waals surface area contributed by atoms with Gasteiger partial charge in [0.15, 0.2) is 5.03 Å². The topological polar surface area (TPSA) is 92.5 Å². The molecule has 0 saturated carbocycles. The first-order valence-corrected chi connectivity index (χ1v) is 7.53. The van der Waals surface area contributed by atoms with Gasteiger partial charge in [0.25, 0.3) is 10.0 Å². The summed E-state index contributed by atoms with van der Waals surface area (Å²) in [6, 6.07) is 0. The summed E-state index contributed by atoms with van der Waals surface area (Å²) in [6.45, 7) is 0.716. The predicted molar refractivity (Wildman–Crippen MR) is 66.9 cm³/mol. The average Bonchev–Trinajstić information content (AvgIpc) is 2.76. The van der Waals surface area contributed by atoms with Gasteiger partial charge in [-0.15, -0.1) is 0 Å². The Morgan fingerprint density at radius 2 is 2.11 bits per heavy atom. The lowest BCUT2D eigenvalue weighted by atomic mass is 9.95. The molecule has 1 saturated heterocycles. The monoisotopic (exact) mass is 287 g/mol. The number of nitrogens with zero attached hydrogens (tertiary/aromatic N) is 3. The lowest BCUT2D eigenvalue weighted by molar-refractivity contribution is -0.138. The van der Waals surface area contributed by atoms with E-state index in [1.165, 1.54) is 16.8 Å². The standard InChI is InChI=1S/C11H17N3O4S/c1-13-7-10(12-8-13)19(17,18)14-4-2-9(3-5-14)6-11(15)16/h7-9H,2-6H2,1H3,(H,15,16). The largest absolute Gasteiger partial charge is 0.481 e. The highest BCUT2D eigenvalue weighted by Gasteiger charge is 2.31. The van der Waals surface area contributed by atoms with Crippen molar-refractivity contribution in [1.82, 2.24) is 13.9 Å². The van der Waals surface area contributed by atoms with Crippen LogP contribution in [0.4, 0.5) is 0 Å². The molecule has 1 aliphatic rings. The van der Waals surface area contributed by atoms with Crippen LogP contribution in [0.3, 0.4) is 0 Å². The minimum Gasteiger partial charge on any atom is -0.481 e. The highest BCUT2D eigenvalue weighted by molar-refractivity contribution is 7.89. The van der Waals surface area contributed by atoms with Crippen molar-refractivity contribution in [1.29, 1.82) is 0 Å². The third kappa shape index (κ3) is 3.13. The van der Waals surface area contributed by atoms with E-state index in [1.807, 2.05) is 0 Å². The van der Waals surface area contributed by atoms with Crippen LogP contribution in [-0.4, -0.2) is 46.4 Å². The van der Waals surface area contributed by atoms with Crippen LogP contribution >= 0.6 is 0 Å². The Labute approximate surface area is 111 Å². The van der Waals surface area contributed by atoms with Crippen LogP contribution in [0.25, 0.3) is 0 Å². The van der Waals surface area contributed by atoms with Crippen molar-refractivity contribution >= 4 is 16.0 Å². The number of piperidine rings is 1. The molecule has 0 aromatic carbocycles. The fraction of sp³-hybridized carbons (Fsp3) is 0.636. The van der Waals surface area contributed by atoms with E-state index in [9.17, 15) is 13.2 Å². The molecule has 0 radical (unpaired) electrons. The van der Waals surface area contributed by atoms with Gasteiger partial charge in [-0.25, -0.2) is 13.4 Å². The molecule has 106 valence electrons. The van der Waals surface area contributed by atoms with Crippen LogP contribution in [0.15, 0.2) is 17.6 Å². The molecule has 0 aliphatic carbocycles. The first-order valence-electron chi connectivity index (χ1n) is 6.09. The van der Waals surface area contributed by atoms with Gasteiger partial charge in [-0.3, -0.25) is 4.79 Å². The highest BCUT2D eigenvalue weighted by Crippen LogP contribution is 2.24. The second kappa shape index (κ2) is 5.30. The Kier molecular flexibility index (Phi) is 3.91. The van der Waals surface area contributed by atoms with Gasteiger partial charge in [0.1, 0.15) is 0 Å². The van der Waals surface area contributed by atoms with Crippen molar-refractivity contribution in [3.63, 3.8) is 0 Å². The fourth-order valence-corrected chi connectivity index (χ4v) is 3.69. The van der Waals surface area contributed by atoms with Gasteiger partial charge in [0.05, 0.1) is 6.33 Å². The van der Waals surface area contributed by atoms with E-state index in [0.29, 0.717) is 25.9 Å². The molecule has 7 nitrogen and oxygen atoms in total. The third-order valence-electron chi connectivity index (χ3n) is 3.32. The summed E-state index contributed by atoms with van der Waals surface area (Å²) in [6.07, 6.45) is 4.19. The number of carbonyl (C=O) groups is 1. The number of aliphatic carboxylic acids is 1. The van der Waals surface area contributed by atoms with Crippen molar-refractivity contribution in [3.05, 3.63) is 12.5 Å². The minimum atomic E-state index is -3.54. The van der Waals surface area contributed by atoms with Gasteiger partial charge in [0.2, 0.25) is 0 Å².